The van der Waals surface area contributed by atoms with Crippen molar-refractivity contribution in [2.45, 2.75) is 6.92 Å². The summed E-state index contributed by atoms with van der Waals surface area (Å²) in [4.78, 5) is 20.3. The van der Waals surface area contributed by atoms with Gasteiger partial charge in [0.05, 0.1) is 0 Å². The molecule has 132 valence electrons. The van der Waals surface area contributed by atoms with Gasteiger partial charge in [0.15, 0.2) is 6.61 Å². The number of nitrogens with zero attached hydrogens (tertiary/aromatic N) is 2. The van der Waals surface area contributed by atoms with Crippen molar-refractivity contribution in [1.29, 1.82) is 0 Å². The van der Waals surface area contributed by atoms with Gasteiger partial charge in [0.2, 0.25) is 0 Å². The number of benzene rings is 2. The maximum Gasteiger partial charge on any atom is 0.262 e. The van der Waals surface area contributed by atoms with Crippen LogP contribution in [0.5, 0.6) is 5.75 Å². The molecule has 2 aromatic carbocycles. The van der Waals surface area contributed by atoms with Crippen molar-refractivity contribution < 1.29 is 9.53 Å². The number of amides is 1. The lowest BCUT2D eigenvalue weighted by atomic mass is 10.2. The van der Waals surface area contributed by atoms with E-state index in [1.54, 1.807) is 30.3 Å². The minimum Gasteiger partial charge on any atom is -0.484 e. The Balaban J connectivity index is 1.57. The molecule has 0 aliphatic heterocycles. The molecule has 0 bridgehead atoms. The molecule has 1 heterocycles. The quantitative estimate of drug-likeness (QED) is 0.682. The van der Waals surface area contributed by atoms with E-state index in [-0.39, 0.29) is 12.5 Å². The average molecular weight is 369 g/mol. The zero-order valence-corrected chi connectivity index (χ0v) is 14.8. The van der Waals surface area contributed by atoms with Gasteiger partial charge in [-0.25, -0.2) is 9.97 Å². The summed E-state index contributed by atoms with van der Waals surface area (Å²) in [7, 11) is 0. The fourth-order valence-electron chi connectivity index (χ4n) is 2.22. The third kappa shape index (κ3) is 5.19. The van der Waals surface area contributed by atoms with Crippen molar-refractivity contribution in [2.75, 3.05) is 17.2 Å². The van der Waals surface area contributed by atoms with Gasteiger partial charge in [-0.15, -0.1) is 0 Å². The Hall–Kier alpha value is -3.12. The van der Waals surface area contributed by atoms with Crippen molar-refractivity contribution in [1.82, 2.24) is 9.97 Å². The summed E-state index contributed by atoms with van der Waals surface area (Å²) in [5.41, 5.74) is 2.33. The molecule has 2 N–H and O–H groups in total. The van der Waals surface area contributed by atoms with Crippen molar-refractivity contribution in [3.63, 3.8) is 0 Å². The molecule has 0 unspecified atom stereocenters. The van der Waals surface area contributed by atoms with Crippen LogP contribution in [0.3, 0.4) is 0 Å². The summed E-state index contributed by atoms with van der Waals surface area (Å²) in [6.07, 6.45) is 1.50. The molecule has 26 heavy (non-hydrogen) atoms. The minimum atomic E-state index is -0.255. The Labute approximate surface area is 156 Å². The molecule has 0 radical (unpaired) electrons. The largest absolute Gasteiger partial charge is 0.484 e. The van der Waals surface area contributed by atoms with E-state index in [0.717, 1.165) is 11.4 Å². The van der Waals surface area contributed by atoms with Crippen LogP contribution >= 0.6 is 11.6 Å². The molecule has 0 aliphatic carbocycles. The highest BCUT2D eigenvalue weighted by atomic mass is 35.5. The molecule has 3 rings (SSSR count). The Morgan fingerprint density at radius 2 is 1.85 bits per heavy atom. The SMILES string of the molecule is Cc1cc(Nc2cccc(NC(=O)COc3ccc(Cl)cc3)c2)ncn1. The van der Waals surface area contributed by atoms with Crippen LogP contribution in [0.4, 0.5) is 17.2 Å². The maximum absolute atomic E-state index is 12.1. The first kappa shape index (κ1) is 17.7. The van der Waals surface area contributed by atoms with E-state index in [1.807, 2.05) is 31.2 Å². The number of halogens is 1. The van der Waals surface area contributed by atoms with Gasteiger partial charge in [-0.05, 0) is 49.4 Å². The number of aromatic nitrogens is 2. The van der Waals surface area contributed by atoms with Crippen LogP contribution in [-0.2, 0) is 4.79 Å². The molecule has 1 aromatic heterocycles. The number of aryl methyl sites for hydroxylation is 1. The molecule has 3 aromatic rings. The third-order valence-electron chi connectivity index (χ3n) is 3.41. The lowest BCUT2D eigenvalue weighted by Gasteiger charge is -2.10. The van der Waals surface area contributed by atoms with Crippen molar-refractivity contribution in [3.05, 3.63) is 71.6 Å². The van der Waals surface area contributed by atoms with Crippen LogP contribution in [-0.4, -0.2) is 22.5 Å². The first-order chi connectivity index (χ1) is 12.6. The number of nitrogens with one attached hydrogen (secondary N) is 2. The van der Waals surface area contributed by atoms with Crippen molar-refractivity contribution in [2.24, 2.45) is 0 Å². The van der Waals surface area contributed by atoms with E-state index in [4.69, 9.17) is 16.3 Å². The summed E-state index contributed by atoms with van der Waals surface area (Å²) < 4.78 is 5.43. The topological polar surface area (TPSA) is 76.1 Å². The van der Waals surface area contributed by atoms with Gasteiger partial charge >= 0.3 is 0 Å². The van der Waals surface area contributed by atoms with Gasteiger partial charge in [0, 0.05) is 28.2 Å². The first-order valence-corrected chi connectivity index (χ1v) is 8.30. The first-order valence-electron chi connectivity index (χ1n) is 7.92. The van der Waals surface area contributed by atoms with Crippen LogP contribution < -0.4 is 15.4 Å². The molecular weight excluding hydrogens is 352 g/mol. The van der Waals surface area contributed by atoms with Crippen LogP contribution in [0.1, 0.15) is 5.69 Å². The van der Waals surface area contributed by atoms with E-state index in [0.29, 0.717) is 22.3 Å². The molecule has 1 amide bonds. The molecule has 0 aliphatic rings. The normalized spacial score (nSPS) is 10.2. The van der Waals surface area contributed by atoms with Crippen molar-refractivity contribution >= 4 is 34.7 Å². The second-order valence-electron chi connectivity index (χ2n) is 5.54. The molecular formula is C19H17ClN4O2. The number of ether oxygens (including phenoxy) is 1. The summed E-state index contributed by atoms with van der Waals surface area (Å²) in [6, 6.07) is 16.0. The van der Waals surface area contributed by atoms with Gasteiger partial charge in [-0.1, -0.05) is 17.7 Å². The van der Waals surface area contributed by atoms with Gasteiger partial charge in [-0.3, -0.25) is 4.79 Å². The highest BCUT2D eigenvalue weighted by molar-refractivity contribution is 6.30. The van der Waals surface area contributed by atoms with E-state index in [1.165, 1.54) is 6.33 Å². The number of carbonyl (C=O) groups is 1. The second-order valence-corrected chi connectivity index (χ2v) is 5.98. The molecule has 0 saturated heterocycles. The highest BCUT2D eigenvalue weighted by Gasteiger charge is 2.05. The monoisotopic (exact) mass is 368 g/mol. The minimum absolute atomic E-state index is 0.0929. The standard InChI is InChI=1S/C19H17ClN4O2/c1-13-9-18(22-12-21-13)23-15-3-2-4-16(10-15)24-19(25)11-26-17-7-5-14(20)6-8-17/h2-10,12H,11H2,1H3,(H,24,25)(H,21,22,23). The Morgan fingerprint density at radius 1 is 1.08 bits per heavy atom. The van der Waals surface area contributed by atoms with Gasteiger partial charge in [0.25, 0.3) is 5.91 Å². The predicted octanol–water partition coefficient (Wildman–Crippen LogP) is 4.20. The zero-order chi connectivity index (χ0) is 18.4. The smallest absolute Gasteiger partial charge is 0.262 e. The molecule has 0 atom stereocenters. The Kier molecular flexibility index (Phi) is 5.66. The lowest BCUT2D eigenvalue weighted by molar-refractivity contribution is -0.118. The van der Waals surface area contributed by atoms with Gasteiger partial charge in [-0.2, -0.15) is 0 Å². The van der Waals surface area contributed by atoms with Crippen LogP contribution in [0, 0.1) is 6.92 Å². The van der Waals surface area contributed by atoms with E-state index in [9.17, 15) is 4.79 Å². The molecule has 0 fully saturated rings. The summed E-state index contributed by atoms with van der Waals surface area (Å²) in [5.74, 6) is 1.01. The molecule has 0 spiro atoms. The van der Waals surface area contributed by atoms with E-state index in [2.05, 4.69) is 20.6 Å². The number of anilines is 3. The predicted molar refractivity (Wildman–Crippen MR) is 102 cm³/mol. The highest BCUT2D eigenvalue weighted by Crippen LogP contribution is 2.19. The maximum atomic E-state index is 12.1. The molecule has 7 heteroatoms. The summed E-state index contributed by atoms with van der Waals surface area (Å²) in [6.45, 7) is 1.80. The summed E-state index contributed by atoms with van der Waals surface area (Å²) in [5, 5.41) is 6.59. The fraction of sp³-hybridized carbons (Fsp3) is 0.105. The number of hydrogen-bond acceptors (Lipinski definition) is 5. The van der Waals surface area contributed by atoms with Crippen molar-refractivity contribution in [3.8, 4) is 5.75 Å². The Morgan fingerprint density at radius 3 is 2.62 bits per heavy atom. The lowest BCUT2D eigenvalue weighted by Crippen LogP contribution is -2.20. The van der Waals surface area contributed by atoms with Gasteiger partial charge in [0.1, 0.15) is 17.9 Å². The van der Waals surface area contributed by atoms with Crippen LogP contribution in [0.25, 0.3) is 0 Å². The third-order valence-corrected chi connectivity index (χ3v) is 3.66. The molecule has 6 nitrogen and oxygen atoms in total. The van der Waals surface area contributed by atoms with Crippen LogP contribution in [0.15, 0.2) is 60.9 Å². The molecule has 0 saturated carbocycles. The second kappa shape index (κ2) is 8.31. The number of carbonyl (C=O) groups excluding carboxylic acids is 1. The van der Waals surface area contributed by atoms with E-state index < -0.39 is 0 Å². The fourth-order valence-corrected chi connectivity index (χ4v) is 2.35. The average Bonchev–Trinajstić information content (AvgIpc) is 2.62. The number of rotatable bonds is 6. The Bertz CT molecular complexity index is 900. The zero-order valence-electron chi connectivity index (χ0n) is 14.1. The number of hydrogen-bond donors (Lipinski definition) is 2. The summed E-state index contributed by atoms with van der Waals surface area (Å²) >= 11 is 5.81. The van der Waals surface area contributed by atoms with E-state index >= 15 is 0 Å². The van der Waals surface area contributed by atoms with Crippen LogP contribution in [0.2, 0.25) is 5.02 Å². The van der Waals surface area contributed by atoms with Gasteiger partial charge < -0.3 is 15.4 Å².